The summed E-state index contributed by atoms with van der Waals surface area (Å²) < 4.78 is 19.5. The maximum atomic E-state index is 13.8. The molecule has 0 spiro atoms. The van der Waals surface area contributed by atoms with E-state index in [0.717, 1.165) is 18.8 Å². The molecule has 198 valence electrons. The average molecular weight is 518 g/mol. The van der Waals surface area contributed by atoms with Crippen LogP contribution in [-0.4, -0.2) is 63.3 Å². The smallest absolute Gasteiger partial charge is 0.414 e. The Morgan fingerprint density at radius 2 is 1.27 bits per heavy atom. The summed E-state index contributed by atoms with van der Waals surface area (Å²) in [5, 5.41) is 32.9. The molecule has 37 heavy (non-hydrogen) atoms. The van der Waals surface area contributed by atoms with E-state index in [1.807, 2.05) is 12.1 Å². The van der Waals surface area contributed by atoms with Crippen molar-refractivity contribution in [2.75, 3.05) is 14.1 Å². The molecule has 0 amide bonds. The highest BCUT2D eigenvalue weighted by atomic mass is 19.1. The van der Waals surface area contributed by atoms with E-state index in [1.54, 1.807) is 18.2 Å². The Morgan fingerprint density at radius 3 is 1.76 bits per heavy atom. The monoisotopic (exact) mass is 518 g/mol. The van der Waals surface area contributed by atoms with Gasteiger partial charge in [0.15, 0.2) is 0 Å². The first-order chi connectivity index (χ1) is 17.4. The van der Waals surface area contributed by atoms with Gasteiger partial charge in [-0.25, -0.2) is 23.6 Å². The van der Waals surface area contributed by atoms with Crippen molar-refractivity contribution < 1.29 is 48.4 Å². The van der Waals surface area contributed by atoms with Crippen LogP contribution < -0.4 is 5.32 Å². The first-order valence-corrected chi connectivity index (χ1v) is 10.6. The van der Waals surface area contributed by atoms with Crippen LogP contribution in [0.3, 0.4) is 0 Å². The van der Waals surface area contributed by atoms with Crippen LogP contribution in [0.25, 0.3) is 11.3 Å². The largest absolute Gasteiger partial charge is 0.473 e. The average Bonchev–Trinajstić information content (AvgIpc) is 3.29. The van der Waals surface area contributed by atoms with Gasteiger partial charge in [0.2, 0.25) is 0 Å². The SMILES string of the molecule is CN(C)Cc1ccc(CNCc2ccc(-c3ccccc3F)o2)cc1.O=C(O)C(=O)O.O=C(O)C(=O)O. The summed E-state index contributed by atoms with van der Waals surface area (Å²) in [6.07, 6.45) is 0. The maximum Gasteiger partial charge on any atom is 0.414 e. The summed E-state index contributed by atoms with van der Waals surface area (Å²) >= 11 is 0. The molecule has 0 aliphatic carbocycles. The molecule has 0 saturated carbocycles. The zero-order valence-electron chi connectivity index (χ0n) is 20.1. The molecule has 12 heteroatoms. The number of halogens is 1. The molecule has 0 radical (unpaired) electrons. The number of carboxylic acids is 4. The molecule has 1 aromatic heterocycles. The van der Waals surface area contributed by atoms with E-state index in [-0.39, 0.29) is 5.82 Å². The van der Waals surface area contributed by atoms with Crippen molar-refractivity contribution in [2.24, 2.45) is 0 Å². The Balaban J connectivity index is 0.000000476. The number of nitrogens with one attached hydrogen (secondary N) is 1. The van der Waals surface area contributed by atoms with Gasteiger partial charge >= 0.3 is 23.9 Å². The van der Waals surface area contributed by atoms with Crippen molar-refractivity contribution in [2.45, 2.75) is 19.6 Å². The van der Waals surface area contributed by atoms with Crippen LogP contribution in [0, 0.1) is 5.82 Å². The van der Waals surface area contributed by atoms with E-state index in [1.165, 1.54) is 17.2 Å². The van der Waals surface area contributed by atoms with Crippen LogP contribution in [-0.2, 0) is 38.8 Å². The minimum absolute atomic E-state index is 0.269. The van der Waals surface area contributed by atoms with Crippen molar-refractivity contribution >= 4 is 23.9 Å². The molecule has 0 aliphatic heterocycles. The molecule has 3 rings (SSSR count). The fraction of sp³-hybridized carbons (Fsp3) is 0.200. The third-order valence-electron chi connectivity index (χ3n) is 4.32. The second-order valence-corrected chi connectivity index (χ2v) is 7.62. The molecule has 1 heterocycles. The number of nitrogens with zero attached hydrogens (tertiary/aromatic N) is 1. The summed E-state index contributed by atoms with van der Waals surface area (Å²) in [6, 6.07) is 18.9. The van der Waals surface area contributed by atoms with Gasteiger partial charge in [-0.15, -0.1) is 0 Å². The molecular weight excluding hydrogens is 491 g/mol. The van der Waals surface area contributed by atoms with Crippen molar-refractivity contribution in [1.29, 1.82) is 0 Å². The van der Waals surface area contributed by atoms with Crippen molar-refractivity contribution in [1.82, 2.24) is 10.2 Å². The van der Waals surface area contributed by atoms with Gasteiger partial charge in [-0.1, -0.05) is 36.4 Å². The first kappa shape index (κ1) is 30.5. The molecule has 3 aromatic rings. The fourth-order valence-corrected chi connectivity index (χ4v) is 2.74. The van der Waals surface area contributed by atoms with Crippen LogP contribution in [0.15, 0.2) is 65.1 Å². The number of furan rings is 1. The number of benzene rings is 2. The summed E-state index contributed by atoms with van der Waals surface area (Å²) in [5.41, 5.74) is 3.02. The standard InChI is InChI=1S/C21H23FN2O.2C2H2O4/c1-24(2)15-17-9-7-16(8-10-17)13-23-14-18-11-12-21(25-18)19-5-3-4-6-20(19)22;2*3-1(4)2(5)6/h3-12,23H,13-15H2,1-2H3;2*(H,3,4)(H,5,6). The summed E-state index contributed by atoms with van der Waals surface area (Å²) in [5.74, 6) is -6.21. The van der Waals surface area contributed by atoms with Gasteiger partial charge in [0.1, 0.15) is 17.3 Å². The fourth-order valence-electron chi connectivity index (χ4n) is 2.74. The Kier molecular flexibility index (Phi) is 12.7. The molecular formula is C25H27FN2O9. The van der Waals surface area contributed by atoms with Crippen LogP contribution in [0.4, 0.5) is 4.39 Å². The number of carboxylic acid groups (broad SMARTS) is 4. The number of hydrogen-bond acceptors (Lipinski definition) is 7. The quantitative estimate of drug-likeness (QED) is 0.291. The minimum Gasteiger partial charge on any atom is -0.473 e. The number of carbonyl (C=O) groups is 4. The number of rotatable bonds is 7. The van der Waals surface area contributed by atoms with Gasteiger partial charge in [-0.2, -0.15) is 0 Å². The zero-order chi connectivity index (χ0) is 28.0. The number of hydrogen-bond donors (Lipinski definition) is 5. The van der Waals surface area contributed by atoms with Crippen molar-refractivity contribution in [3.8, 4) is 11.3 Å². The normalized spacial score (nSPS) is 9.95. The van der Waals surface area contributed by atoms with E-state index in [9.17, 15) is 4.39 Å². The van der Waals surface area contributed by atoms with Gasteiger partial charge in [0, 0.05) is 13.1 Å². The first-order valence-electron chi connectivity index (χ1n) is 10.6. The number of aliphatic carboxylic acids is 4. The zero-order valence-corrected chi connectivity index (χ0v) is 20.1. The van der Waals surface area contributed by atoms with E-state index >= 15 is 0 Å². The van der Waals surface area contributed by atoms with Crippen molar-refractivity contribution in [3.63, 3.8) is 0 Å². The van der Waals surface area contributed by atoms with Crippen LogP contribution in [0.2, 0.25) is 0 Å². The van der Waals surface area contributed by atoms with Gasteiger partial charge in [-0.3, -0.25) is 0 Å². The van der Waals surface area contributed by atoms with Gasteiger partial charge < -0.3 is 35.1 Å². The summed E-state index contributed by atoms with van der Waals surface area (Å²) in [6.45, 7) is 2.31. The summed E-state index contributed by atoms with van der Waals surface area (Å²) in [4.78, 5) is 38.5. The molecule has 0 aliphatic rings. The lowest BCUT2D eigenvalue weighted by molar-refractivity contribution is -0.159. The highest BCUT2D eigenvalue weighted by molar-refractivity contribution is 6.27. The molecule has 0 saturated heterocycles. The highest BCUT2D eigenvalue weighted by Crippen LogP contribution is 2.24. The van der Waals surface area contributed by atoms with E-state index in [0.29, 0.717) is 17.9 Å². The lowest BCUT2D eigenvalue weighted by Crippen LogP contribution is -2.13. The lowest BCUT2D eigenvalue weighted by atomic mass is 10.1. The predicted molar refractivity (Wildman–Crippen MR) is 129 cm³/mol. The second kappa shape index (κ2) is 15.4. The Bertz CT molecular complexity index is 1140. The maximum absolute atomic E-state index is 13.8. The minimum atomic E-state index is -1.82. The molecule has 0 bridgehead atoms. The van der Waals surface area contributed by atoms with Gasteiger partial charge in [0.25, 0.3) is 0 Å². The summed E-state index contributed by atoms with van der Waals surface area (Å²) in [7, 11) is 4.13. The lowest BCUT2D eigenvalue weighted by Gasteiger charge is -2.10. The molecule has 0 unspecified atom stereocenters. The van der Waals surface area contributed by atoms with Crippen molar-refractivity contribution in [3.05, 3.63) is 83.4 Å². The van der Waals surface area contributed by atoms with Gasteiger partial charge in [-0.05, 0) is 49.5 Å². The molecule has 0 fully saturated rings. The second-order valence-electron chi connectivity index (χ2n) is 7.62. The molecule has 5 N–H and O–H groups in total. The van der Waals surface area contributed by atoms with Crippen LogP contribution in [0.1, 0.15) is 16.9 Å². The Labute approximate surface area is 211 Å². The van der Waals surface area contributed by atoms with E-state index in [2.05, 4.69) is 48.6 Å². The topological polar surface area (TPSA) is 178 Å². The molecule has 2 aromatic carbocycles. The predicted octanol–water partition coefficient (Wildman–Crippen LogP) is 2.75. The molecule has 11 nitrogen and oxygen atoms in total. The molecule has 0 atom stereocenters. The van der Waals surface area contributed by atoms with Gasteiger partial charge in [0.05, 0.1) is 12.1 Å². The Hall–Kier alpha value is -4.55. The Morgan fingerprint density at radius 1 is 0.757 bits per heavy atom. The third-order valence-corrected chi connectivity index (χ3v) is 4.32. The van der Waals surface area contributed by atoms with E-state index in [4.69, 9.17) is 44.0 Å². The third kappa shape index (κ3) is 12.1. The highest BCUT2D eigenvalue weighted by Gasteiger charge is 2.09. The van der Waals surface area contributed by atoms with Crippen LogP contribution >= 0.6 is 0 Å². The van der Waals surface area contributed by atoms with Crippen LogP contribution in [0.5, 0.6) is 0 Å². The van der Waals surface area contributed by atoms with E-state index < -0.39 is 23.9 Å².